The number of aryl methyl sites for hydroxylation is 1. The maximum Gasteiger partial charge on any atom is -0.0250 e. The van der Waals surface area contributed by atoms with Crippen molar-refractivity contribution in [2.45, 2.75) is 74.7 Å². The van der Waals surface area contributed by atoms with Gasteiger partial charge in [-0.05, 0) is 78.7 Å². The van der Waals surface area contributed by atoms with Crippen LogP contribution in [0.3, 0.4) is 0 Å². The van der Waals surface area contributed by atoms with Crippen molar-refractivity contribution in [3.8, 4) is 0 Å². The van der Waals surface area contributed by atoms with Crippen LogP contribution in [0.4, 0.5) is 0 Å². The van der Waals surface area contributed by atoms with Gasteiger partial charge < -0.3 is 0 Å². The Balaban J connectivity index is 3.38. The summed E-state index contributed by atoms with van der Waals surface area (Å²) in [5, 5.41) is 0. The van der Waals surface area contributed by atoms with E-state index in [-0.39, 0.29) is 0 Å². The SMILES string of the molecule is Cc1cc(CC(C)C)c(CC(C)C)c(CC(C)C)c1C. The van der Waals surface area contributed by atoms with Crippen LogP contribution < -0.4 is 0 Å². The first kappa shape index (κ1) is 17.3. The highest BCUT2D eigenvalue weighted by Gasteiger charge is 2.16. The van der Waals surface area contributed by atoms with Crippen LogP contribution in [0.25, 0.3) is 0 Å². The second-order valence-electron chi connectivity index (χ2n) is 7.73. The van der Waals surface area contributed by atoms with E-state index in [4.69, 9.17) is 0 Å². The highest BCUT2D eigenvalue weighted by atomic mass is 14.2. The van der Waals surface area contributed by atoms with Gasteiger partial charge in [0.1, 0.15) is 0 Å². The molecule has 0 saturated heterocycles. The standard InChI is InChI=1S/C20H34/c1-13(2)9-18-12-16(7)17(8)19(10-14(3)4)20(18)11-15(5)6/h12-15H,9-11H2,1-8H3. The minimum atomic E-state index is 0.730. The molecule has 0 radical (unpaired) electrons. The van der Waals surface area contributed by atoms with Gasteiger partial charge in [-0.3, -0.25) is 0 Å². The zero-order chi connectivity index (χ0) is 15.4. The van der Waals surface area contributed by atoms with Crippen molar-refractivity contribution < 1.29 is 0 Å². The van der Waals surface area contributed by atoms with Gasteiger partial charge in [-0.25, -0.2) is 0 Å². The van der Waals surface area contributed by atoms with Crippen molar-refractivity contribution in [3.63, 3.8) is 0 Å². The van der Waals surface area contributed by atoms with Gasteiger partial charge in [0.25, 0.3) is 0 Å². The molecule has 0 aromatic heterocycles. The lowest BCUT2D eigenvalue weighted by Crippen LogP contribution is -2.11. The van der Waals surface area contributed by atoms with Crippen LogP contribution in [0.2, 0.25) is 0 Å². The normalized spacial score (nSPS) is 11.9. The molecule has 0 saturated carbocycles. The van der Waals surface area contributed by atoms with Crippen molar-refractivity contribution in [1.82, 2.24) is 0 Å². The molecule has 0 aliphatic carbocycles. The van der Waals surface area contributed by atoms with Crippen molar-refractivity contribution in [2.24, 2.45) is 17.8 Å². The van der Waals surface area contributed by atoms with E-state index in [0.717, 1.165) is 17.8 Å². The van der Waals surface area contributed by atoms with Crippen molar-refractivity contribution in [1.29, 1.82) is 0 Å². The molecule has 0 aliphatic heterocycles. The maximum atomic E-state index is 2.46. The van der Waals surface area contributed by atoms with Crippen LogP contribution in [-0.4, -0.2) is 0 Å². The summed E-state index contributed by atoms with van der Waals surface area (Å²) in [6, 6.07) is 2.46. The fourth-order valence-electron chi connectivity index (χ4n) is 3.08. The maximum absolute atomic E-state index is 2.46. The Morgan fingerprint density at radius 1 is 0.700 bits per heavy atom. The quantitative estimate of drug-likeness (QED) is 0.606. The minimum absolute atomic E-state index is 0.730. The van der Waals surface area contributed by atoms with E-state index >= 15 is 0 Å². The number of hydrogen-bond donors (Lipinski definition) is 0. The zero-order valence-corrected chi connectivity index (χ0v) is 14.9. The van der Waals surface area contributed by atoms with E-state index in [2.05, 4.69) is 61.5 Å². The third-order valence-corrected chi connectivity index (χ3v) is 4.04. The third-order valence-electron chi connectivity index (χ3n) is 4.04. The molecule has 0 heterocycles. The molecule has 0 bridgehead atoms. The van der Waals surface area contributed by atoms with E-state index in [1.807, 2.05) is 0 Å². The van der Waals surface area contributed by atoms with E-state index in [0.29, 0.717) is 0 Å². The molecule has 1 rings (SSSR count). The predicted octanol–water partition coefficient (Wildman–Crippen LogP) is 5.90. The Bertz CT molecular complexity index is 436. The molecule has 1 aromatic rings. The number of rotatable bonds is 6. The molecule has 0 unspecified atom stereocenters. The third kappa shape index (κ3) is 4.65. The molecule has 0 nitrogen and oxygen atoms in total. The summed E-state index contributed by atoms with van der Waals surface area (Å²) in [5.41, 5.74) is 7.91. The van der Waals surface area contributed by atoms with Gasteiger partial charge in [-0.2, -0.15) is 0 Å². The lowest BCUT2D eigenvalue weighted by molar-refractivity contribution is 0.594. The average molecular weight is 274 g/mol. The van der Waals surface area contributed by atoms with Crippen LogP contribution in [0.1, 0.15) is 69.4 Å². The summed E-state index contributed by atoms with van der Waals surface area (Å²) in [5.74, 6) is 2.19. The van der Waals surface area contributed by atoms with Gasteiger partial charge in [0.2, 0.25) is 0 Å². The molecule has 0 fully saturated rings. The fraction of sp³-hybridized carbons (Fsp3) is 0.700. The van der Waals surface area contributed by atoms with E-state index < -0.39 is 0 Å². The number of hydrogen-bond acceptors (Lipinski definition) is 0. The summed E-state index contributed by atoms with van der Waals surface area (Å²) in [4.78, 5) is 0. The van der Waals surface area contributed by atoms with Gasteiger partial charge in [0, 0.05) is 0 Å². The monoisotopic (exact) mass is 274 g/mol. The molecular formula is C20H34. The first-order chi connectivity index (χ1) is 9.22. The van der Waals surface area contributed by atoms with Gasteiger partial charge in [-0.15, -0.1) is 0 Å². The Labute approximate surface area is 127 Å². The summed E-state index contributed by atoms with van der Waals surface area (Å²) >= 11 is 0. The second-order valence-corrected chi connectivity index (χ2v) is 7.73. The van der Waals surface area contributed by atoms with Gasteiger partial charge in [-0.1, -0.05) is 47.6 Å². The molecule has 114 valence electrons. The average Bonchev–Trinajstić information content (AvgIpc) is 2.28. The summed E-state index contributed by atoms with van der Waals surface area (Å²) in [6.07, 6.45) is 3.67. The topological polar surface area (TPSA) is 0 Å². The molecule has 0 atom stereocenters. The summed E-state index contributed by atoms with van der Waals surface area (Å²) in [6.45, 7) is 18.6. The highest BCUT2D eigenvalue weighted by Crippen LogP contribution is 2.29. The van der Waals surface area contributed by atoms with Crippen LogP contribution in [0.15, 0.2) is 6.07 Å². The molecule has 0 spiro atoms. The Kier molecular flexibility index (Phi) is 6.30. The van der Waals surface area contributed by atoms with Crippen LogP contribution in [0, 0.1) is 31.6 Å². The first-order valence-corrected chi connectivity index (χ1v) is 8.33. The van der Waals surface area contributed by atoms with Crippen LogP contribution in [-0.2, 0) is 19.3 Å². The van der Waals surface area contributed by atoms with Crippen molar-refractivity contribution in [2.75, 3.05) is 0 Å². The molecule has 0 N–H and O–H groups in total. The minimum Gasteiger partial charge on any atom is -0.0625 e. The second kappa shape index (κ2) is 7.29. The van der Waals surface area contributed by atoms with E-state index in [1.54, 1.807) is 16.7 Å². The van der Waals surface area contributed by atoms with Crippen LogP contribution in [0.5, 0.6) is 0 Å². The predicted molar refractivity (Wildman–Crippen MR) is 91.5 cm³/mol. The van der Waals surface area contributed by atoms with Gasteiger partial charge >= 0.3 is 0 Å². The molecule has 0 amide bonds. The van der Waals surface area contributed by atoms with Gasteiger partial charge in [0.05, 0.1) is 0 Å². The molecule has 0 aliphatic rings. The van der Waals surface area contributed by atoms with Crippen LogP contribution >= 0.6 is 0 Å². The molecular weight excluding hydrogens is 240 g/mol. The summed E-state index contributed by atoms with van der Waals surface area (Å²) in [7, 11) is 0. The Morgan fingerprint density at radius 2 is 1.15 bits per heavy atom. The fourth-order valence-corrected chi connectivity index (χ4v) is 3.08. The Morgan fingerprint density at radius 3 is 1.60 bits per heavy atom. The van der Waals surface area contributed by atoms with Gasteiger partial charge in [0.15, 0.2) is 0 Å². The van der Waals surface area contributed by atoms with Crippen molar-refractivity contribution >= 4 is 0 Å². The smallest absolute Gasteiger partial charge is 0.0250 e. The lowest BCUT2D eigenvalue weighted by Gasteiger charge is -2.23. The first-order valence-electron chi connectivity index (χ1n) is 8.33. The molecule has 20 heavy (non-hydrogen) atoms. The largest absolute Gasteiger partial charge is 0.0625 e. The van der Waals surface area contributed by atoms with E-state index in [1.165, 1.54) is 30.4 Å². The van der Waals surface area contributed by atoms with E-state index in [9.17, 15) is 0 Å². The summed E-state index contributed by atoms with van der Waals surface area (Å²) < 4.78 is 0. The van der Waals surface area contributed by atoms with Crippen molar-refractivity contribution in [3.05, 3.63) is 33.9 Å². The number of benzene rings is 1. The lowest BCUT2D eigenvalue weighted by atomic mass is 9.82. The zero-order valence-electron chi connectivity index (χ0n) is 14.9. The highest BCUT2D eigenvalue weighted by molar-refractivity contribution is 5.46. The molecule has 0 heteroatoms. The Hall–Kier alpha value is -0.780. The molecule has 1 aromatic carbocycles.